The van der Waals surface area contributed by atoms with Gasteiger partial charge in [0.15, 0.2) is 0 Å². The van der Waals surface area contributed by atoms with Crippen LogP contribution in [0.3, 0.4) is 0 Å². The van der Waals surface area contributed by atoms with E-state index in [1.807, 2.05) is 25.9 Å². The molecule has 8 heteroatoms. The van der Waals surface area contributed by atoms with Crippen molar-refractivity contribution < 1.29 is 18.7 Å². The Morgan fingerprint density at radius 2 is 1.96 bits per heavy atom. The molecule has 26 heavy (non-hydrogen) atoms. The summed E-state index contributed by atoms with van der Waals surface area (Å²) in [6, 6.07) is 0. The van der Waals surface area contributed by atoms with E-state index in [-0.39, 0.29) is 31.2 Å². The minimum atomic E-state index is -0.732. The summed E-state index contributed by atoms with van der Waals surface area (Å²) in [7, 11) is 3.92. The van der Waals surface area contributed by atoms with Crippen LogP contribution in [-0.4, -0.2) is 88.5 Å². The van der Waals surface area contributed by atoms with Gasteiger partial charge < -0.3 is 19.9 Å². The van der Waals surface area contributed by atoms with Gasteiger partial charge in [-0.1, -0.05) is 6.08 Å². The maximum atomic E-state index is 12.2. The van der Waals surface area contributed by atoms with Crippen molar-refractivity contribution in [2.45, 2.75) is 13.8 Å². The second-order valence-electron chi connectivity index (χ2n) is 5.74. The minimum Gasteiger partial charge on any atom is -0.459 e. The molecule has 0 aliphatic rings. The lowest BCUT2D eigenvalue weighted by molar-refractivity contribution is -0.139. The average molecular weight is 370 g/mol. The minimum absolute atomic E-state index is 0.00799. The molecule has 0 rings (SSSR count). The number of carbonyl (C=O) groups is 2. The Morgan fingerprint density at radius 3 is 2.46 bits per heavy atom. The summed E-state index contributed by atoms with van der Waals surface area (Å²) >= 11 is 0. The van der Waals surface area contributed by atoms with Gasteiger partial charge in [-0.3, -0.25) is 9.79 Å². The van der Waals surface area contributed by atoms with E-state index in [0.717, 1.165) is 6.54 Å². The number of esters is 1. The summed E-state index contributed by atoms with van der Waals surface area (Å²) in [5.74, 6) is -0.630. The van der Waals surface area contributed by atoms with Crippen LogP contribution in [0.25, 0.3) is 0 Å². The molecular weight excluding hydrogens is 339 g/mol. The second kappa shape index (κ2) is 14.1. The SMILES string of the molecule is C=N/C(=C\C(=C/C)C(=O)OCCF)CNCC(=O)N(CC)CCN(C)C. The normalized spacial score (nSPS) is 12.2. The summed E-state index contributed by atoms with van der Waals surface area (Å²) in [4.78, 5) is 31.6. The second-order valence-corrected chi connectivity index (χ2v) is 5.74. The van der Waals surface area contributed by atoms with Gasteiger partial charge in [-0.2, -0.15) is 0 Å². The lowest BCUT2D eigenvalue weighted by atomic mass is 10.2. The Hall–Kier alpha value is -2.06. The van der Waals surface area contributed by atoms with Gasteiger partial charge in [-0.15, -0.1) is 0 Å². The molecule has 1 amide bonds. The first-order chi connectivity index (χ1) is 12.4. The quantitative estimate of drug-likeness (QED) is 0.227. The van der Waals surface area contributed by atoms with Crippen LogP contribution in [-0.2, 0) is 14.3 Å². The predicted molar refractivity (Wildman–Crippen MR) is 102 cm³/mol. The standard InChI is InChI=1S/C18H31FN4O3/c1-6-15(18(25)26-11-8-19)12-16(20-3)13-21-14-17(24)23(7-2)10-9-22(4)5/h6,12,21H,3,7-11,13-14H2,1-2,4-5H3/b15-6+,16-12-. The highest BCUT2D eigenvalue weighted by atomic mass is 19.1. The number of allylic oxidation sites excluding steroid dienone is 1. The van der Waals surface area contributed by atoms with Crippen LogP contribution in [0.5, 0.6) is 0 Å². The number of amides is 1. The number of halogens is 1. The smallest absolute Gasteiger partial charge is 0.337 e. The number of rotatable bonds is 13. The third kappa shape index (κ3) is 10.0. The largest absolute Gasteiger partial charge is 0.459 e. The first kappa shape index (κ1) is 23.9. The molecule has 0 spiro atoms. The van der Waals surface area contributed by atoms with Crippen LogP contribution in [0.2, 0.25) is 0 Å². The van der Waals surface area contributed by atoms with Gasteiger partial charge in [0, 0.05) is 26.2 Å². The third-order valence-corrected chi connectivity index (χ3v) is 3.52. The summed E-state index contributed by atoms with van der Waals surface area (Å²) in [6.45, 7) is 8.59. The number of ether oxygens (including phenoxy) is 1. The van der Waals surface area contributed by atoms with Crippen molar-refractivity contribution in [3.8, 4) is 0 Å². The number of alkyl halides is 1. The maximum absolute atomic E-state index is 12.2. The van der Waals surface area contributed by atoms with Crippen molar-refractivity contribution in [3.05, 3.63) is 23.4 Å². The molecule has 0 aromatic heterocycles. The van der Waals surface area contributed by atoms with Crippen LogP contribution < -0.4 is 5.32 Å². The summed E-state index contributed by atoms with van der Waals surface area (Å²) < 4.78 is 16.8. The predicted octanol–water partition coefficient (Wildman–Crippen LogP) is 1.03. The Kier molecular flexibility index (Phi) is 13.0. The lowest BCUT2D eigenvalue weighted by Crippen LogP contribution is -2.41. The first-order valence-corrected chi connectivity index (χ1v) is 8.59. The molecule has 0 saturated carbocycles. The van der Waals surface area contributed by atoms with Crippen molar-refractivity contribution in [2.75, 3.05) is 60.1 Å². The highest BCUT2D eigenvalue weighted by molar-refractivity contribution is 5.91. The van der Waals surface area contributed by atoms with Gasteiger partial charge >= 0.3 is 5.97 Å². The Morgan fingerprint density at radius 1 is 1.27 bits per heavy atom. The van der Waals surface area contributed by atoms with Crippen LogP contribution in [0, 0.1) is 0 Å². The van der Waals surface area contributed by atoms with E-state index in [1.54, 1.807) is 17.9 Å². The maximum Gasteiger partial charge on any atom is 0.337 e. The highest BCUT2D eigenvalue weighted by Crippen LogP contribution is 2.06. The molecule has 148 valence electrons. The van der Waals surface area contributed by atoms with Crippen LogP contribution in [0.4, 0.5) is 4.39 Å². The average Bonchev–Trinajstić information content (AvgIpc) is 2.62. The van der Waals surface area contributed by atoms with Crippen molar-refractivity contribution in [1.29, 1.82) is 0 Å². The third-order valence-electron chi connectivity index (χ3n) is 3.52. The molecule has 0 heterocycles. The first-order valence-electron chi connectivity index (χ1n) is 8.59. The highest BCUT2D eigenvalue weighted by Gasteiger charge is 2.12. The van der Waals surface area contributed by atoms with Crippen LogP contribution >= 0.6 is 0 Å². The van der Waals surface area contributed by atoms with Gasteiger partial charge in [-0.05, 0) is 40.7 Å². The summed E-state index contributed by atoms with van der Waals surface area (Å²) in [5.41, 5.74) is 0.745. The van der Waals surface area contributed by atoms with E-state index >= 15 is 0 Å². The van der Waals surface area contributed by atoms with Crippen molar-refractivity contribution >= 4 is 18.6 Å². The van der Waals surface area contributed by atoms with E-state index in [1.165, 1.54) is 6.08 Å². The Bertz CT molecular complexity index is 519. The van der Waals surface area contributed by atoms with Gasteiger partial charge in [0.1, 0.15) is 13.3 Å². The molecule has 0 unspecified atom stereocenters. The van der Waals surface area contributed by atoms with Crippen molar-refractivity contribution in [2.24, 2.45) is 4.99 Å². The molecule has 0 aliphatic heterocycles. The molecule has 0 radical (unpaired) electrons. The molecule has 0 atom stereocenters. The summed E-state index contributed by atoms with van der Waals surface area (Å²) in [6.07, 6.45) is 3.06. The number of likely N-dealkylation sites (N-methyl/N-ethyl adjacent to an activating group) is 2. The zero-order valence-corrected chi connectivity index (χ0v) is 16.3. The fourth-order valence-corrected chi connectivity index (χ4v) is 2.00. The fourth-order valence-electron chi connectivity index (χ4n) is 2.00. The van der Waals surface area contributed by atoms with Crippen LogP contribution in [0.15, 0.2) is 28.4 Å². The van der Waals surface area contributed by atoms with Gasteiger partial charge in [-0.25, -0.2) is 9.18 Å². The number of hydrogen-bond donors (Lipinski definition) is 1. The molecule has 0 fully saturated rings. The molecule has 0 bridgehead atoms. The zero-order valence-electron chi connectivity index (χ0n) is 16.3. The number of nitrogens with one attached hydrogen (secondary N) is 1. The van der Waals surface area contributed by atoms with E-state index in [4.69, 9.17) is 4.74 Å². The molecule has 0 aromatic rings. The zero-order chi connectivity index (χ0) is 19.9. The van der Waals surface area contributed by atoms with Gasteiger partial charge in [0.2, 0.25) is 5.91 Å². The molecule has 0 aromatic carbocycles. The number of carbonyl (C=O) groups excluding carboxylic acids is 2. The van der Waals surface area contributed by atoms with E-state index in [9.17, 15) is 14.0 Å². The Labute approximate surface area is 155 Å². The van der Waals surface area contributed by atoms with E-state index in [2.05, 4.69) is 17.0 Å². The molecule has 0 saturated heterocycles. The summed E-state index contributed by atoms with van der Waals surface area (Å²) in [5, 5.41) is 3.00. The molecule has 7 nitrogen and oxygen atoms in total. The number of nitrogens with zero attached hydrogens (tertiary/aromatic N) is 3. The van der Waals surface area contributed by atoms with Crippen molar-refractivity contribution in [1.82, 2.24) is 15.1 Å². The Balaban J connectivity index is 4.61. The number of hydrogen-bond acceptors (Lipinski definition) is 6. The number of aliphatic imine (C=N–C) groups is 1. The van der Waals surface area contributed by atoms with Crippen molar-refractivity contribution in [3.63, 3.8) is 0 Å². The van der Waals surface area contributed by atoms with E-state index < -0.39 is 12.6 Å². The van der Waals surface area contributed by atoms with Crippen LogP contribution in [0.1, 0.15) is 13.8 Å². The molecule has 1 N–H and O–H groups in total. The monoisotopic (exact) mass is 370 g/mol. The topological polar surface area (TPSA) is 74.2 Å². The lowest BCUT2D eigenvalue weighted by Gasteiger charge is -2.23. The molecular formula is C18H31FN4O3. The molecule has 0 aliphatic carbocycles. The van der Waals surface area contributed by atoms with E-state index in [0.29, 0.717) is 18.8 Å². The van der Waals surface area contributed by atoms with Gasteiger partial charge in [0.05, 0.1) is 17.8 Å². The van der Waals surface area contributed by atoms with Gasteiger partial charge in [0.25, 0.3) is 0 Å². The fraction of sp³-hybridized carbons (Fsp3) is 0.611.